The average Bonchev–Trinajstić information content (AvgIpc) is 2.83. The molecule has 2 aliphatic rings. The Morgan fingerprint density at radius 3 is 2.67 bits per heavy atom. The van der Waals surface area contributed by atoms with Crippen LogP contribution in [0.5, 0.6) is 0 Å². The van der Waals surface area contributed by atoms with Gasteiger partial charge in [0.25, 0.3) is 5.91 Å². The standard InChI is InChI=1S/C19H25FN4O2S/c20-14-9-5-6-10-15(14)23-18(26)21-12-11-16-17(25)24-19(27-16)22-13-7-3-1-2-4-8-13/h5-6,9-10,13,16H,1-4,7-8,11-12H2,(H2,21,23,26)(H,22,24,25). The molecule has 1 aliphatic heterocycles. The summed E-state index contributed by atoms with van der Waals surface area (Å²) in [6, 6.07) is 5.88. The summed E-state index contributed by atoms with van der Waals surface area (Å²) in [7, 11) is 0. The molecule has 1 heterocycles. The van der Waals surface area contributed by atoms with Crippen molar-refractivity contribution in [2.24, 2.45) is 4.99 Å². The lowest BCUT2D eigenvalue weighted by Crippen LogP contribution is -2.33. The summed E-state index contributed by atoms with van der Waals surface area (Å²) in [6.45, 7) is 0.315. The highest BCUT2D eigenvalue weighted by molar-refractivity contribution is 8.15. The normalized spacial score (nSPS) is 20.7. The quantitative estimate of drug-likeness (QED) is 0.668. The lowest BCUT2D eigenvalue weighted by Gasteiger charge is -2.17. The second kappa shape index (κ2) is 9.73. The molecule has 0 aromatic heterocycles. The zero-order valence-corrected chi connectivity index (χ0v) is 16.0. The molecule has 3 amide bonds. The number of benzene rings is 1. The molecule has 1 aliphatic carbocycles. The first kappa shape index (κ1) is 19.7. The molecule has 0 radical (unpaired) electrons. The summed E-state index contributed by atoms with van der Waals surface area (Å²) in [5.74, 6) is -0.649. The van der Waals surface area contributed by atoms with Crippen LogP contribution in [0.2, 0.25) is 0 Å². The van der Waals surface area contributed by atoms with E-state index < -0.39 is 11.8 Å². The molecule has 27 heavy (non-hydrogen) atoms. The predicted molar refractivity (Wildman–Crippen MR) is 106 cm³/mol. The molecule has 0 spiro atoms. The minimum atomic E-state index is -0.492. The second-order valence-electron chi connectivity index (χ2n) is 6.84. The molecule has 1 aromatic carbocycles. The number of halogens is 1. The van der Waals surface area contributed by atoms with Crippen LogP contribution in [0.25, 0.3) is 0 Å². The molecule has 1 unspecified atom stereocenters. The number of thioether (sulfide) groups is 1. The van der Waals surface area contributed by atoms with Gasteiger partial charge in [0, 0.05) is 12.6 Å². The summed E-state index contributed by atoms with van der Waals surface area (Å²) >= 11 is 1.43. The van der Waals surface area contributed by atoms with Gasteiger partial charge in [-0.1, -0.05) is 49.6 Å². The van der Waals surface area contributed by atoms with Gasteiger partial charge in [-0.05, 0) is 31.4 Å². The lowest BCUT2D eigenvalue weighted by molar-refractivity contribution is -0.117. The Morgan fingerprint density at radius 2 is 1.93 bits per heavy atom. The minimum absolute atomic E-state index is 0.125. The number of carbonyl (C=O) groups is 2. The van der Waals surface area contributed by atoms with Crippen molar-refractivity contribution in [1.29, 1.82) is 0 Å². The van der Waals surface area contributed by atoms with E-state index >= 15 is 0 Å². The topological polar surface area (TPSA) is 82.6 Å². The van der Waals surface area contributed by atoms with E-state index in [4.69, 9.17) is 0 Å². The Balaban J connectivity index is 1.38. The molecule has 1 aromatic rings. The van der Waals surface area contributed by atoms with Crippen molar-refractivity contribution in [3.63, 3.8) is 0 Å². The number of carbonyl (C=O) groups excluding carboxylic acids is 2. The maximum Gasteiger partial charge on any atom is 0.319 e. The second-order valence-corrected chi connectivity index (χ2v) is 8.04. The average molecular weight is 392 g/mol. The Bertz CT molecular complexity index is 705. The number of rotatable bonds is 5. The Hall–Kier alpha value is -2.09. The minimum Gasteiger partial charge on any atom is -0.362 e. The van der Waals surface area contributed by atoms with Crippen LogP contribution < -0.4 is 16.0 Å². The molecule has 0 bridgehead atoms. The van der Waals surface area contributed by atoms with Crippen LogP contribution in [0, 0.1) is 5.82 Å². The van der Waals surface area contributed by atoms with Crippen LogP contribution in [0.3, 0.4) is 0 Å². The number of amidine groups is 1. The SMILES string of the molecule is O=C(NCCC1SC(NC2CCCCCC2)=NC1=O)Nc1ccccc1F. The molecule has 1 fully saturated rings. The van der Waals surface area contributed by atoms with Crippen molar-refractivity contribution in [3.8, 4) is 0 Å². The molecule has 1 saturated carbocycles. The third-order valence-corrected chi connectivity index (χ3v) is 5.89. The maximum atomic E-state index is 13.5. The zero-order chi connectivity index (χ0) is 19.1. The number of hydrogen-bond donors (Lipinski definition) is 3. The first-order valence-electron chi connectivity index (χ1n) is 9.47. The van der Waals surface area contributed by atoms with Crippen molar-refractivity contribution in [3.05, 3.63) is 30.1 Å². The molecule has 1 atom stereocenters. The van der Waals surface area contributed by atoms with E-state index in [2.05, 4.69) is 20.9 Å². The van der Waals surface area contributed by atoms with E-state index in [1.54, 1.807) is 12.1 Å². The number of amides is 3. The molecule has 3 rings (SSSR count). The summed E-state index contributed by atoms with van der Waals surface area (Å²) in [5, 5.41) is 8.94. The maximum absolute atomic E-state index is 13.5. The van der Waals surface area contributed by atoms with Gasteiger partial charge >= 0.3 is 6.03 Å². The van der Waals surface area contributed by atoms with Crippen molar-refractivity contribution in [2.75, 3.05) is 11.9 Å². The number of aliphatic imine (C=N–C) groups is 1. The number of nitrogens with zero attached hydrogens (tertiary/aromatic N) is 1. The van der Waals surface area contributed by atoms with Gasteiger partial charge in [-0.2, -0.15) is 4.99 Å². The van der Waals surface area contributed by atoms with Crippen molar-refractivity contribution >= 4 is 34.6 Å². The van der Waals surface area contributed by atoms with Gasteiger partial charge in [0.15, 0.2) is 5.17 Å². The molecule has 6 nitrogen and oxygen atoms in total. The third kappa shape index (κ3) is 5.95. The highest BCUT2D eigenvalue weighted by Gasteiger charge is 2.29. The fourth-order valence-corrected chi connectivity index (χ4v) is 4.31. The summed E-state index contributed by atoms with van der Waals surface area (Å²) in [6.07, 6.45) is 7.71. The van der Waals surface area contributed by atoms with E-state index in [0.29, 0.717) is 24.2 Å². The fourth-order valence-electron chi connectivity index (χ4n) is 3.28. The van der Waals surface area contributed by atoms with Crippen LogP contribution in [0.1, 0.15) is 44.9 Å². The van der Waals surface area contributed by atoms with E-state index in [9.17, 15) is 14.0 Å². The van der Waals surface area contributed by atoms with Gasteiger partial charge in [0.2, 0.25) is 0 Å². The number of anilines is 1. The van der Waals surface area contributed by atoms with Crippen LogP contribution >= 0.6 is 11.8 Å². The van der Waals surface area contributed by atoms with Gasteiger partial charge in [-0.3, -0.25) is 4.79 Å². The van der Waals surface area contributed by atoms with E-state index in [1.807, 2.05) is 0 Å². The van der Waals surface area contributed by atoms with Gasteiger partial charge in [0.05, 0.1) is 10.9 Å². The molecule has 0 saturated heterocycles. The van der Waals surface area contributed by atoms with Gasteiger partial charge < -0.3 is 16.0 Å². The van der Waals surface area contributed by atoms with Crippen molar-refractivity contribution in [1.82, 2.24) is 10.6 Å². The number of urea groups is 1. The van der Waals surface area contributed by atoms with Crippen LogP contribution in [-0.2, 0) is 4.79 Å². The van der Waals surface area contributed by atoms with Crippen LogP contribution in [0.15, 0.2) is 29.3 Å². The Kier molecular flexibility index (Phi) is 7.09. The van der Waals surface area contributed by atoms with Crippen LogP contribution in [0.4, 0.5) is 14.9 Å². The molecular weight excluding hydrogens is 367 g/mol. The van der Waals surface area contributed by atoms with E-state index in [0.717, 1.165) is 12.8 Å². The third-order valence-electron chi connectivity index (χ3n) is 4.74. The number of nitrogens with one attached hydrogen (secondary N) is 3. The van der Waals surface area contributed by atoms with E-state index in [1.165, 1.54) is 49.6 Å². The largest absolute Gasteiger partial charge is 0.362 e. The van der Waals surface area contributed by atoms with E-state index in [-0.39, 0.29) is 16.8 Å². The highest BCUT2D eigenvalue weighted by atomic mass is 32.2. The van der Waals surface area contributed by atoms with Crippen LogP contribution in [-0.4, -0.2) is 34.9 Å². The zero-order valence-electron chi connectivity index (χ0n) is 15.2. The van der Waals surface area contributed by atoms with Gasteiger partial charge in [0.1, 0.15) is 5.82 Å². The van der Waals surface area contributed by atoms with Gasteiger partial charge in [-0.15, -0.1) is 0 Å². The first-order valence-corrected chi connectivity index (χ1v) is 10.3. The molecule has 146 valence electrons. The highest BCUT2D eigenvalue weighted by Crippen LogP contribution is 2.25. The summed E-state index contributed by atoms with van der Waals surface area (Å²) in [5.41, 5.74) is 0.125. The van der Waals surface area contributed by atoms with Crippen molar-refractivity contribution in [2.45, 2.75) is 56.2 Å². The van der Waals surface area contributed by atoms with Gasteiger partial charge in [-0.25, -0.2) is 9.18 Å². The predicted octanol–water partition coefficient (Wildman–Crippen LogP) is 3.65. The summed E-state index contributed by atoms with van der Waals surface area (Å²) in [4.78, 5) is 28.1. The first-order chi connectivity index (χ1) is 13.1. The monoisotopic (exact) mass is 392 g/mol. The Labute approximate surface area is 162 Å². The molecule has 8 heteroatoms. The number of hydrogen-bond acceptors (Lipinski definition) is 4. The fraction of sp³-hybridized carbons (Fsp3) is 0.526. The summed E-state index contributed by atoms with van der Waals surface area (Å²) < 4.78 is 13.5. The Morgan fingerprint density at radius 1 is 1.19 bits per heavy atom. The molecule has 3 N–H and O–H groups in total. The smallest absolute Gasteiger partial charge is 0.319 e. The number of para-hydroxylation sites is 1. The molecular formula is C19H25FN4O2S. The lowest BCUT2D eigenvalue weighted by atomic mass is 10.1. The van der Waals surface area contributed by atoms with Crippen molar-refractivity contribution < 1.29 is 14.0 Å².